The van der Waals surface area contributed by atoms with Crippen LogP contribution in [0.2, 0.25) is 0 Å². The van der Waals surface area contributed by atoms with E-state index in [1.54, 1.807) is 12.1 Å². The van der Waals surface area contributed by atoms with Gasteiger partial charge in [0.1, 0.15) is 6.54 Å². The number of benzene rings is 2. The first-order chi connectivity index (χ1) is 13.6. The molecule has 5 nitrogen and oxygen atoms in total. The van der Waals surface area contributed by atoms with E-state index < -0.39 is 0 Å². The second kappa shape index (κ2) is 8.19. The lowest BCUT2D eigenvalue weighted by atomic mass is 10.0. The highest BCUT2D eigenvalue weighted by atomic mass is 32.2. The van der Waals surface area contributed by atoms with Gasteiger partial charge in [-0.1, -0.05) is 36.4 Å². The summed E-state index contributed by atoms with van der Waals surface area (Å²) in [7, 11) is 0. The van der Waals surface area contributed by atoms with Crippen molar-refractivity contribution in [1.82, 2.24) is 14.5 Å². The summed E-state index contributed by atoms with van der Waals surface area (Å²) in [4.78, 5) is 31.7. The third-order valence-electron chi connectivity index (χ3n) is 5.27. The van der Waals surface area contributed by atoms with Gasteiger partial charge in [0.25, 0.3) is 5.56 Å². The van der Waals surface area contributed by atoms with Gasteiger partial charge in [-0.15, -0.1) is 0 Å². The summed E-state index contributed by atoms with van der Waals surface area (Å²) in [6.07, 6.45) is 2.40. The van der Waals surface area contributed by atoms with Gasteiger partial charge in [-0.25, -0.2) is 4.98 Å². The average Bonchev–Trinajstić information content (AvgIpc) is 2.97. The molecule has 1 aromatic heterocycles. The van der Waals surface area contributed by atoms with Crippen LogP contribution in [0.25, 0.3) is 10.9 Å². The zero-order chi connectivity index (χ0) is 19.5. The number of rotatable bonds is 3. The third kappa shape index (κ3) is 3.83. The topological polar surface area (TPSA) is 55.2 Å². The van der Waals surface area contributed by atoms with Gasteiger partial charge < -0.3 is 4.90 Å². The number of hydrogen-bond donors (Lipinski definition) is 0. The van der Waals surface area contributed by atoms with Gasteiger partial charge >= 0.3 is 0 Å². The number of thioether (sulfide) groups is 1. The Hall–Kier alpha value is -2.60. The van der Waals surface area contributed by atoms with E-state index in [1.165, 1.54) is 22.0 Å². The number of amides is 1. The van der Waals surface area contributed by atoms with Gasteiger partial charge in [-0.2, -0.15) is 11.8 Å². The molecule has 3 aromatic rings. The molecule has 4 rings (SSSR count). The Morgan fingerprint density at radius 1 is 1.14 bits per heavy atom. The first kappa shape index (κ1) is 18.7. The van der Waals surface area contributed by atoms with E-state index in [-0.39, 0.29) is 18.0 Å². The maximum absolute atomic E-state index is 12.8. The first-order valence-electron chi connectivity index (χ1n) is 9.52. The minimum absolute atomic E-state index is 0.0229. The average molecular weight is 394 g/mol. The van der Waals surface area contributed by atoms with E-state index in [0.717, 1.165) is 12.2 Å². The molecule has 0 unspecified atom stereocenters. The summed E-state index contributed by atoms with van der Waals surface area (Å²) in [6, 6.07) is 15.7. The molecule has 1 atom stereocenters. The van der Waals surface area contributed by atoms with Crippen LogP contribution >= 0.6 is 11.8 Å². The molecule has 2 aromatic carbocycles. The lowest BCUT2D eigenvalue weighted by molar-refractivity contribution is -0.131. The summed E-state index contributed by atoms with van der Waals surface area (Å²) in [6.45, 7) is 3.60. The second-order valence-electron chi connectivity index (χ2n) is 7.08. The number of nitrogens with zero attached hydrogens (tertiary/aromatic N) is 3. The maximum atomic E-state index is 12.8. The van der Waals surface area contributed by atoms with Crippen molar-refractivity contribution in [2.24, 2.45) is 0 Å². The number of carbonyl (C=O) groups excluding carboxylic acids is 1. The summed E-state index contributed by atoms with van der Waals surface area (Å²) in [5, 5.41) is 0.952. The molecule has 28 heavy (non-hydrogen) atoms. The molecular weight excluding hydrogens is 370 g/mol. The minimum Gasteiger partial charge on any atom is -0.340 e. The molecule has 1 aliphatic rings. The zero-order valence-corrected chi connectivity index (χ0v) is 16.7. The molecule has 0 bridgehead atoms. The van der Waals surface area contributed by atoms with Crippen molar-refractivity contribution in [1.29, 1.82) is 0 Å². The Balaban J connectivity index is 1.47. The highest BCUT2D eigenvalue weighted by Gasteiger charge is 2.23. The fourth-order valence-corrected chi connectivity index (χ4v) is 5.01. The molecule has 0 spiro atoms. The molecule has 144 valence electrons. The standard InChI is InChI=1S/C22H23N3O2S/c1-16-6-2-3-7-17(16)20-10-11-24(12-13-28-20)21(26)14-25-15-23-19-9-5-4-8-18(19)22(25)27/h2-9,15,20H,10-14H2,1H3/t20-/m0/s1. The highest BCUT2D eigenvalue weighted by molar-refractivity contribution is 7.99. The van der Waals surface area contributed by atoms with E-state index in [9.17, 15) is 9.59 Å². The van der Waals surface area contributed by atoms with Crippen molar-refractivity contribution in [2.45, 2.75) is 25.1 Å². The third-order valence-corrected chi connectivity index (χ3v) is 6.58. The Bertz CT molecular complexity index is 1060. The smallest absolute Gasteiger partial charge is 0.261 e. The second-order valence-corrected chi connectivity index (χ2v) is 8.39. The van der Waals surface area contributed by atoms with Crippen molar-refractivity contribution in [3.8, 4) is 0 Å². The monoisotopic (exact) mass is 393 g/mol. The van der Waals surface area contributed by atoms with Crippen LogP contribution in [0, 0.1) is 6.92 Å². The predicted molar refractivity (Wildman–Crippen MR) is 114 cm³/mol. The number of fused-ring (bicyclic) bond motifs is 1. The van der Waals surface area contributed by atoms with E-state index in [1.807, 2.05) is 28.8 Å². The van der Waals surface area contributed by atoms with Crippen LogP contribution in [-0.4, -0.2) is 39.2 Å². The molecule has 0 radical (unpaired) electrons. The van der Waals surface area contributed by atoms with Crippen LogP contribution in [0.5, 0.6) is 0 Å². The van der Waals surface area contributed by atoms with E-state index in [0.29, 0.717) is 29.2 Å². The lowest BCUT2D eigenvalue weighted by Gasteiger charge is -2.21. The quantitative estimate of drug-likeness (QED) is 0.684. The van der Waals surface area contributed by atoms with Crippen LogP contribution in [0.4, 0.5) is 0 Å². The maximum Gasteiger partial charge on any atom is 0.261 e. The summed E-state index contributed by atoms with van der Waals surface area (Å²) < 4.78 is 1.42. The van der Waals surface area contributed by atoms with Gasteiger partial charge in [0.15, 0.2) is 0 Å². The van der Waals surface area contributed by atoms with Gasteiger partial charge in [0, 0.05) is 24.1 Å². The molecule has 0 saturated carbocycles. The van der Waals surface area contributed by atoms with E-state index >= 15 is 0 Å². The predicted octanol–water partition coefficient (Wildman–Crippen LogP) is 3.41. The van der Waals surface area contributed by atoms with Crippen LogP contribution < -0.4 is 5.56 Å². The van der Waals surface area contributed by atoms with Crippen molar-refractivity contribution in [3.05, 3.63) is 76.3 Å². The van der Waals surface area contributed by atoms with Crippen LogP contribution in [-0.2, 0) is 11.3 Å². The van der Waals surface area contributed by atoms with E-state index in [4.69, 9.17) is 0 Å². The van der Waals surface area contributed by atoms with Crippen molar-refractivity contribution in [2.75, 3.05) is 18.8 Å². The Morgan fingerprint density at radius 3 is 2.79 bits per heavy atom. The largest absolute Gasteiger partial charge is 0.340 e. The fraction of sp³-hybridized carbons (Fsp3) is 0.318. The van der Waals surface area contributed by atoms with Gasteiger partial charge in [0.2, 0.25) is 5.91 Å². The Kier molecular flexibility index (Phi) is 5.48. The zero-order valence-electron chi connectivity index (χ0n) is 15.9. The minimum atomic E-state index is -0.166. The molecule has 1 fully saturated rings. The molecule has 1 saturated heterocycles. The fourth-order valence-electron chi connectivity index (χ4n) is 3.68. The molecular formula is C22H23N3O2S. The SMILES string of the molecule is Cc1ccccc1[C@@H]1CCN(C(=O)Cn2cnc3ccccc3c2=O)CCS1. The molecule has 0 N–H and O–H groups in total. The number of aryl methyl sites for hydroxylation is 1. The normalized spacial score (nSPS) is 17.5. The molecule has 6 heteroatoms. The van der Waals surface area contributed by atoms with Crippen molar-refractivity contribution in [3.63, 3.8) is 0 Å². The van der Waals surface area contributed by atoms with Crippen LogP contribution in [0.1, 0.15) is 22.8 Å². The van der Waals surface area contributed by atoms with Gasteiger partial charge in [0.05, 0.1) is 17.2 Å². The summed E-state index contributed by atoms with van der Waals surface area (Å²) in [5.74, 6) is 0.875. The highest BCUT2D eigenvalue weighted by Crippen LogP contribution is 2.35. The number of carbonyl (C=O) groups is 1. The Labute approximate surface area is 168 Å². The number of aromatic nitrogens is 2. The van der Waals surface area contributed by atoms with Crippen LogP contribution in [0.15, 0.2) is 59.7 Å². The van der Waals surface area contributed by atoms with Gasteiger partial charge in [-0.3, -0.25) is 14.2 Å². The summed E-state index contributed by atoms with van der Waals surface area (Å²) >= 11 is 1.91. The molecule has 1 aliphatic heterocycles. The lowest BCUT2D eigenvalue weighted by Crippen LogP contribution is -2.37. The molecule has 0 aliphatic carbocycles. The number of hydrogen-bond acceptors (Lipinski definition) is 4. The first-order valence-corrected chi connectivity index (χ1v) is 10.6. The molecule has 2 heterocycles. The van der Waals surface area contributed by atoms with Crippen LogP contribution in [0.3, 0.4) is 0 Å². The molecule has 1 amide bonds. The number of para-hydroxylation sites is 1. The van der Waals surface area contributed by atoms with Crippen molar-refractivity contribution >= 4 is 28.6 Å². The van der Waals surface area contributed by atoms with E-state index in [2.05, 4.69) is 36.2 Å². The summed E-state index contributed by atoms with van der Waals surface area (Å²) in [5.41, 5.74) is 3.15. The Morgan fingerprint density at radius 2 is 1.93 bits per heavy atom. The van der Waals surface area contributed by atoms with Gasteiger partial charge in [-0.05, 0) is 36.6 Å². The van der Waals surface area contributed by atoms with Crippen molar-refractivity contribution < 1.29 is 4.79 Å².